The number of benzene rings is 1. The van der Waals surface area contributed by atoms with E-state index in [1.807, 2.05) is 0 Å². The van der Waals surface area contributed by atoms with Gasteiger partial charge in [0.05, 0.1) is 21.8 Å². The average molecular weight is 626 g/mol. The van der Waals surface area contributed by atoms with Gasteiger partial charge in [-0.2, -0.15) is 18.4 Å². The second-order valence-electron chi connectivity index (χ2n) is 11.3. The second kappa shape index (κ2) is 15.2. The molecule has 1 aromatic heterocycles. The summed E-state index contributed by atoms with van der Waals surface area (Å²) in [5, 5.41) is 22.5. The SMILES string of the molecule is CCCCCCCCCCNC1(C#N)CC1.Cc1nccn1-c1ccc(S(=O)(=O)[C@H]2CN[C@H](C(=O)O)C2)c(C(F)(F)F)c1. The van der Waals surface area contributed by atoms with Crippen molar-refractivity contribution in [2.24, 2.45) is 0 Å². The highest BCUT2D eigenvalue weighted by atomic mass is 32.2. The van der Waals surface area contributed by atoms with E-state index in [1.54, 1.807) is 6.92 Å². The van der Waals surface area contributed by atoms with Crippen molar-refractivity contribution in [2.45, 2.75) is 112 Å². The van der Waals surface area contributed by atoms with Gasteiger partial charge in [-0.05, 0) is 57.4 Å². The van der Waals surface area contributed by atoms with Gasteiger partial charge in [-0.1, -0.05) is 51.9 Å². The molecule has 43 heavy (non-hydrogen) atoms. The van der Waals surface area contributed by atoms with Crippen molar-refractivity contribution in [3.05, 3.63) is 42.0 Å². The van der Waals surface area contributed by atoms with Crippen molar-refractivity contribution in [1.29, 1.82) is 5.26 Å². The van der Waals surface area contributed by atoms with Crippen LogP contribution in [0.2, 0.25) is 0 Å². The largest absolute Gasteiger partial charge is 0.480 e. The minimum absolute atomic E-state index is 0.110. The number of nitrogens with zero attached hydrogens (tertiary/aromatic N) is 3. The Hall–Kier alpha value is -2.95. The lowest BCUT2D eigenvalue weighted by molar-refractivity contribution is -0.140. The Morgan fingerprint density at radius 1 is 1.19 bits per heavy atom. The summed E-state index contributed by atoms with van der Waals surface area (Å²) in [6, 6.07) is 4.21. The molecule has 2 fully saturated rings. The summed E-state index contributed by atoms with van der Waals surface area (Å²) in [5.74, 6) is -0.794. The van der Waals surface area contributed by atoms with Crippen LogP contribution < -0.4 is 10.6 Å². The smallest absolute Gasteiger partial charge is 0.417 e. The van der Waals surface area contributed by atoms with Crippen molar-refractivity contribution in [1.82, 2.24) is 20.2 Å². The van der Waals surface area contributed by atoms with Crippen LogP contribution in [-0.4, -0.2) is 59.0 Å². The molecule has 2 aliphatic rings. The molecule has 3 N–H and O–H groups in total. The summed E-state index contributed by atoms with van der Waals surface area (Å²) >= 11 is 0. The Labute approximate surface area is 251 Å². The molecule has 2 heterocycles. The third-order valence-electron chi connectivity index (χ3n) is 7.96. The molecule has 0 radical (unpaired) electrons. The number of unbranched alkanes of at least 4 members (excludes halogenated alkanes) is 7. The van der Waals surface area contributed by atoms with Crippen LogP contribution >= 0.6 is 0 Å². The predicted octanol–water partition coefficient (Wildman–Crippen LogP) is 5.56. The molecular formula is C30H42F3N5O4S. The zero-order valence-electron chi connectivity index (χ0n) is 24.8. The molecular weight excluding hydrogens is 583 g/mol. The van der Waals surface area contributed by atoms with Crippen LogP contribution in [0.3, 0.4) is 0 Å². The number of nitriles is 1. The number of carbonyl (C=O) groups is 1. The third-order valence-corrected chi connectivity index (χ3v) is 10.2. The Morgan fingerprint density at radius 3 is 2.35 bits per heavy atom. The number of nitrogens with one attached hydrogen (secondary N) is 2. The molecule has 1 aliphatic heterocycles. The molecule has 238 valence electrons. The minimum Gasteiger partial charge on any atom is -0.480 e. The van der Waals surface area contributed by atoms with Gasteiger partial charge in [0.15, 0.2) is 9.84 Å². The van der Waals surface area contributed by atoms with Gasteiger partial charge in [-0.3, -0.25) is 10.1 Å². The number of carboxylic acids is 1. The molecule has 1 aromatic carbocycles. The first-order valence-corrected chi connectivity index (χ1v) is 16.5. The summed E-state index contributed by atoms with van der Waals surface area (Å²) in [6.07, 6.45) is 10.7. The van der Waals surface area contributed by atoms with Gasteiger partial charge in [-0.25, -0.2) is 13.4 Å². The van der Waals surface area contributed by atoms with E-state index in [9.17, 15) is 26.4 Å². The molecule has 0 spiro atoms. The molecule has 13 heteroatoms. The summed E-state index contributed by atoms with van der Waals surface area (Å²) in [6.45, 7) is 4.67. The Bertz CT molecular complexity index is 1370. The predicted molar refractivity (Wildman–Crippen MR) is 157 cm³/mol. The number of alkyl halides is 3. The van der Waals surface area contributed by atoms with E-state index in [2.05, 4.69) is 28.6 Å². The van der Waals surface area contributed by atoms with Crippen molar-refractivity contribution >= 4 is 15.8 Å². The van der Waals surface area contributed by atoms with E-state index < -0.39 is 43.7 Å². The standard InChI is InChI=1S/C16H16F3N3O4S.C14H26N2/c1-9-20-4-5-22(9)10-2-3-14(12(6-10)16(17,18)19)27(25,26)11-7-13(15(23)24)21-8-11;1-2-3-4-5-6-7-8-9-12-16-14(13-15)10-11-14/h2-6,11,13,21H,7-8H2,1H3,(H,23,24);16H,2-12H2,1H3/t11-,13+;/m1./s1. The second-order valence-corrected chi connectivity index (χ2v) is 13.5. The lowest BCUT2D eigenvalue weighted by Gasteiger charge is -2.18. The molecule has 0 bridgehead atoms. The van der Waals surface area contributed by atoms with E-state index in [0.29, 0.717) is 5.82 Å². The molecule has 0 unspecified atom stereocenters. The minimum atomic E-state index is -4.90. The third kappa shape index (κ3) is 9.52. The van der Waals surface area contributed by atoms with Crippen molar-refractivity contribution < 1.29 is 31.5 Å². The summed E-state index contributed by atoms with van der Waals surface area (Å²) in [4.78, 5) is 14.1. The van der Waals surface area contributed by atoms with Crippen LogP contribution in [0.4, 0.5) is 13.2 Å². The normalized spacial score (nSPS) is 19.3. The Morgan fingerprint density at radius 2 is 1.84 bits per heavy atom. The number of hydrogen-bond donors (Lipinski definition) is 3. The zero-order chi connectivity index (χ0) is 31.7. The van der Waals surface area contributed by atoms with Crippen molar-refractivity contribution in [2.75, 3.05) is 13.1 Å². The van der Waals surface area contributed by atoms with Gasteiger partial charge in [0.25, 0.3) is 0 Å². The van der Waals surface area contributed by atoms with Gasteiger partial charge in [-0.15, -0.1) is 0 Å². The van der Waals surface area contributed by atoms with Crippen LogP contribution in [0.15, 0.2) is 35.5 Å². The fraction of sp³-hybridized carbons (Fsp3) is 0.633. The molecule has 1 aliphatic carbocycles. The summed E-state index contributed by atoms with van der Waals surface area (Å²) in [7, 11) is -4.39. The summed E-state index contributed by atoms with van der Waals surface area (Å²) in [5.41, 5.74) is -1.27. The van der Waals surface area contributed by atoms with E-state index in [-0.39, 0.29) is 24.2 Å². The fourth-order valence-electron chi connectivity index (χ4n) is 5.14. The number of halogens is 3. The van der Waals surface area contributed by atoms with Gasteiger partial charge in [0.2, 0.25) is 0 Å². The molecule has 0 amide bonds. The first kappa shape index (κ1) is 34.5. The quantitative estimate of drug-likeness (QED) is 0.232. The lowest BCUT2D eigenvalue weighted by atomic mass is 10.1. The molecule has 1 saturated carbocycles. The number of imidazole rings is 1. The first-order valence-electron chi connectivity index (χ1n) is 14.9. The van der Waals surface area contributed by atoms with E-state index in [1.165, 1.54) is 74.4 Å². The van der Waals surface area contributed by atoms with Crippen molar-refractivity contribution in [3.8, 4) is 11.8 Å². The lowest BCUT2D eigenvalue weighted by Crippen LogP contribution is -2.30. The van der Waals surface area contributed by atoms with Crippen LogP contribution in [0.5, 0.6) is 0 Å². The summed E-state index contributed by atoms with van der Waals surface area (Å²) < 4.78 is 67.8. The Balaban J connectivity index is 0.000000271. The van der Waals surface area contributed by atoms with Gasteiger partial charge < -0.3 is 15.0 Å². The van der Waals surface area contributed by atoms with Gasteiger partial charge in [0, 0.05) is 24.6 Å². The maximum atomic E-state index is 13.6. The topological polar surface area (TPSA) is 137 Å². The first-order chi connectivity index (χ1) is 20.3. The highest BCUT2D eigenvalue weighted by molar-refractivity contribution is 7.92. The van der Waals surface area contributed by atoms with E-state index >= 15 is 0 Å². The van der Waals surface area contributed by atoms with Crippen LogP contribution in [0, 0.1) is 18.3 Å². The maximum absolute atomic E-state index is 13.6. The number of sulfone groups is 1. The molecule has 1 saturated heterocycles. The van der Waals surface area contributed by atoms with Crippen molar-refractivity contribution in [3.63, 3.8) is 0 Å². The zero-order valence-corrected chi connectivity index (χ0v) is 25.6. The van der Waals surface area contributed by atoms with Crippen LogP contribution in [-0.2, 0) is 20.8 Å². The average Bonchev–Trinajstić information content (AvgIpc) is 3.33. The molecule has 4 rings (SSSR count). The molecule has 2 atom stereocenters. The maximum Gasteiger partial charge on any atom is 0.417 e. The number of aryl methyl sites for hydroxylation is 1. The van der Waals surface area contributed by atoms with E-state index in [4.69, 9.17) is 10.4 Å². The number of carboxylic acid groups (broad SMARTS) is 1. The molecule has 9 nitrogen and oxygen atoms in total. The van der Waals surface area contributed by atoms with Crippen LogP contribution in [0.1, 0.15) is 88.9 Å². The fourth-order valence-corrected chi connectivity index (χ4v) is 6.99. The van der Waals surface area contributed by atoms with E-state index in [0.717, 1.165) is 31.5 Å². The number of hydrogen-bond acceptors (Lipinski definition) is 7. The van der Waals surface area contributed by atoms with Gasteiger partial charge in [0.1, 0.15) is 17.4 Å². The molecule has 2 aromatic rings. The highest BCUT2D eigenvalue weighted by Gasteiger charge is 2.44. The highest BCUT2D eigenvalue weighted by Crippen LogP contribution is 2.38. The van der Waals surface area contributed by atoms with Gasteiger partial charge >= 0.3 is 12.1 Å². The van der Waals surface area contributed by atoms with Crippen LogP contribution in [0.25, 0.3) is 5.69 Å². The Kier molecular flexibility index (Phi) is 12.2. The monoisotopic (exact) mass is 625 g/mol. The number of rotatable bonds is 14. The number of aliphatic carboxylic acids is 1. The number of aromatic nitrogens is 2.